The zero-order chi connectivity index (χ0) is 27.6. The second kappa shape index (κ2) is 10.8. The van der Waals surface area contributed by atoms with E-state index in [9.17, 15) is 4.79 Å². The first kappa shape index (κ1) is 25.6. The maximum atomic E-state index is 13.4. The van der Waals surface area contributed by atoms with Gasteiger partial charge in [-0.15, -0.1) is 0 Å². The van der Waals surface area contributed by atoms with Crippen molar-refractivity contribution in [2.45, 2.75) is 39.2 Å². The number of nitrogens with zero attached hydrogens (tertiary/aromatic N) is 5. The predicted molar refractivity (Wildman–Crippen MR) is 159 cm³/mol. The van der Waals surface area contributed by atoms with Gasteiger partial charge in [-0.1, -0.05) is 54.1 Å². The summed E-state index contributed by atoms with van der Waals surface area (Å²) in [5.74, 6) is 1.37. The van der Waals surface area contributed by atoms with E-state index in [2.05, 4.69) is 70.5 Å². The second-order valence-corrected chi connectivity index (χ2v) is 10.4. The number of hydrazine groups is 1. The van der Waals surface area contributed by atoms with Gasteiger partial charge in [-0.2, -0.15) is 4.99 Å². The molecule has 0 radical (unpaired) electrons. The molecule has 2 aliphatic heterocycles. The molecular weight excluding hydrogens is 498 g/mol. The Hall–Kier alpha value is -4.65. The van der Waals surface area contributed by atoms with E-state index in [1.807, 2.05) is 48.0 Å². The Balaban J connectivity index is 1.41. The second-order valence-electron chi connectivity index (χ2n) is 10.4. The van der Waals surface area contributed by atoms with Crippen LogP contribution >= 0.6 is 0 Å². The van der Waals surface area contributed by atoms with Gasteiger partial charge in [-0.3, -0.25) is 14.8 Å². The molecule has 7 nitrogen and oxygen atoms in total. The number of methoxy groups -OCH3 is 1. The summed E-state index contributed by atoms with van der Waals surface area (Å²) in [5.41, 5.74) is 7.24. The lowest BCUT2D eigenvalue weighted by Gasteiger charge is -2.44. The Kier molecular flexibility index (Phi) is 6.95. The highest BCUT2D eigenvalue weighted by Crippen LogP contribution is 2.37. The average molecular weight is 532 g/mol. The monoisotopic (exact) mass is 531 g/mol. The number of aryl methyl sites for hydroxylation is 2. The number of ether oxygens (including phenoxy) is 1. The third-order valence-corrected chi connectivity index (χ3v) is 7.52. The van der Waals surface area contributed by atoms with Crippen molar-refractivity contribution in [1.82, 2.24) is 14.6 Å². The number of piperidine rings is 1. The first-order valence-corrected chi connectivity index (χ1v) is 13.7. The van der Waals surface area contributed by atoms with Crippen molar-refractivity contribution >= 4 is 23.5 Å². The van der Waals surface area contributed by atoms with Crippen LogP contribution in [-0.2, 0) is 4.79 Å². The molecule has 0 saturated carbocycles. The van der Waals surface area contributed by atoms with Crippen molar-refractivity contribution in [3.63, 3.8) is 0 Å². The number of aromatic nitrogens is 2. The highest BCUT2D eigenvalue weighted by Gasteiger charge is 2.36. The highest BCUT2D eigenvalue weighted by atomic mass is 16.5. The molecule has 1 unspecified atom stereocenters. The summed E-state index contributed by atoms with van der Waals surface area (Å²) in [6.45, 7) is 4.84. The molecule has 40 heavy (non-hydrogen) atoms. The van der Waals surface area contributed by atoms with Gasteiger partial charge < -0.3 is 9.30 Å². The molecular formula is C33H33N5O2. The molecule has 1 amide bonds. The van der Waals surface area contributed by atoms with Crippen molar-refractivity contribution in [2.24, 2.45) is 4.99 Å². The van der Waals surface area contributed by atoms with Gasteiger partial charge in [0.1, 0.15) is 5.75 Å². The van der Waals surface area contributed by atoms with Crippen LogP contribution in [0.3, 0.4) is 0 Å². The lowest BCUT2D eigenvalue weighted by molar-refractivity contribution is -0.118. The van der Waals surface area contributed by atoms with Crippen LogP contribution < -0.4 is 9.75 Å². The van der Waals surface area contributed by atoms with Gasteiger partial charge >= 0.3 is 0 Å². The van der Waals surface area contributed by atoms with Gasteiger partial charge in [-0.25, -0.2) is 4.98 Å². The fourth-order valence-electron chi connectivity index (χ4n) is 5.57. The third-order valence-electron chi connectivity index (χ3n) is 7.52. The summed E-state index contributed by atoms with van der Waals surface area (Å²) in [6.07, 6.45) is 8.00. The van der Waals surface area contributed by atoms with Crippen LogP contribution in [0.15, 0.2) is 95.9 Å². The molecule has 0 aliphatic carbocycles. The van der Waals surface area contributed by atoms with Crippen LogP contribution in [0.4, 0.5) is 5.69 Å². The zero-order valence-electron chi connectivity index (χ0n) is 23.1. The standard InChI is InChI=1S/C33H33N5O2/c1-23-11-14-28(15-12-23)38-30(26-8-5-4-6-9-26)20-32(39)35-33-27(10-7-17-37(33)38)18-25-13-16-29(31(19-25)40-3)36-21-24(2)34-22-36/h4-6,8-9,11-16,18-19,21-22,30H,7,10,17,20H2,1-3H3. The van der Waals surface area contributed by atoms with Crippen LogP contribution in [0.5, 0.6) is 5.75 Å². The molecule has 3 aromatic carbocycles. The average Bonchev–Trinajstić information content (AvgIpc) is 3.34. The van der Waals surface area contributed by atoms with Crippen LogP contribution in [0.2, 0.25) is 0 Å². The zero-order valence-corrected chi connectivity index (χ0v) is 23.1. The minimum atomic E-state index is -0.157. The fourth-order valence-corrected chi connectivity index (χ4v) is 5.57. The summed E-state index contributed by atoms with van der Waals surface area (Å²) in [5, 5.41) is 4.49. The lowest BCUT2D eigenvalue weighted by atomic mass is 10.00. The molecule has 6 rings (SSSR count). The number of anilines is 1. The van der Waals surface area contributed by atoms with Gasteiger partial charge in [0.25, 0.3) is 0 Å². The van der Waals surface area contributed by atoms with Gasteiger partial charge in [0.05, 0.1) is 43.0 Å². The summed E-state index contributed by atoms with van der Waals surface area (Å²) in [4.78, 5) is 22.4. The predicted octanol–water partition coefficient (Wildman–Crippen LogP) is 6.47. The molecule has 2 aliphatic rings. The highest BCUT2D eigenvalue weighted by molar-refractivity contribution is 6.09. The Morgan fingerprint density at radius 3 is 2.52 bits per heavy atom. The third kappa shape index (κ3) is 5.02. The summed E-state index contributed by atoms with van der Waals surface area (Å²) < 4.78 is 7.71. The van der Waals surface area contributed by atoms with E-state index >= 15 is 0 Å². The van der Waals surface area contributed by atoms with E-state index in [1.54, 1.807) is 13.4 Å². The number of rotatable bonds is 5. The van der Waals surface area contributed by atoms with Crippen LogP contribution in [0.1, 0.15) is 47.7 Å². The molecule has 3 heterocycles. The van der Waals surface area contributed by atoms with Crippen molar-refractivity contribution in [1.29, 1.82) is 0 Å². The number of aliphatic imine (C=N–C) groups is 1. The van der Waals surface area contributed by atoms with E-state index in [-0.39, 0.29) is 11.9 Å². The number of carbonyl (C=O) groups is 1. The SMILES string of the molecule is COc1cc(C=C2CCCN3C2=NC(=O)CC(c2ccccc2)N3c2ccc(C)cc2)ccc1-n1cnc(C)c1. The minimum Gasteiger partial charge on any atom is -0.495 e. The quantitative estimate of drug-likeness (QED) is 0.295. The first-order chi connectivity index (χ1) is 19.5. The van der Waals surface area contributed by atoms with E-state index in [0.717, 1.165) is 64.7 Å². The molecule has 0 bridgehead atoms. The summed E-state index contributed by atoms with van der Waals surface area (Å²) in [6, 6.07) is 24.8. The van der Waals surface area contributed by atoms with E-state index < -0.39 is 0 Å². The Bertz CT molecular complexity index is 1590. The topological polar surface area (TPSA) is 63.0 Å². The molecule has 1 saturated heterocycles. The lowest BCUT2D eigenvalue weighted by Crippen LogP contribution is -2.50. The Labute approximate surface area is 235 Å². The summed E-state index contributed by atoms with van der Waals surface area (Å²) in [7, 11) is 1.68. The Morgan fingerprint density at radius 2 is 1.80 bits per heavy atom. The number of amidine groups is 1. The molecule has 7 heteroatoms. The van der Waals surface area contributed by atoms with Gasteiger partial charge in [0.2, 0.25) is 5.91 Å². The van der Waals surface area contributed by atoms with Crippen molar-refractivity contribution in [3.05, 3.63) is 113 Å². The first-order valence-electron chi connectivity index (χ1n) is 13.7. The van der Waals surface area contributed by atoms with Crippen molar-refractivity contribution < 1.29 is 9.53 Å². The number of fused-ring (bicyclic) bond motifs is 1. The molecule has 1 aromatic heterocycles. The van der Waals surface area contributed by atoms with Gasteiger partial charge in [-0.05, 0) is 73.7 Å². The number of benzene rings is 3. The number of imidazole rings is 1. The maximum Gasteiger partial charge on any atom is 0.250 e. The van der Waals surface area contributed by atoms with Crippen molar-refractivity contribution in [3.8, 4) is 11.4 Å². The number of hydrogen-bond acceptors (Lipinski definition) is 5. The molecule has 0 N–H and O–H groups in total. The fraction of sp³-hybridized carbons (Fsp3) is 0.242. The van der Waals surface area contributed by atoms with Crippen LogP contribution in [0, 0.1) is 13.8 Å². The van der Waals surface area contributed by atoms with Crippen LogP contribution in [0.25, 0.3) is 11.8 Å². The molecule has 1 atom stereocenters. The number of amides is 1. The van der Waals surface area contributed by atoms with Gasteiger partial charge in [0.15, 0.2) is 5.84 Å². The minimum absolute atomic E-state index is 0.111. The van der Waals surface area contributed by atoms with E-state index in [1.165, 1.54) is 5.56 Å². The molecule has 0 spiro atoms. The number of hydrogen-bond donors (Lipinski definition) is 0. The largest absolute Gasteiger partial charge is 0.495 e. The molecule has 202 valence electrons. The maximum absolute atomic E-state index is 13.4. The molecule has 4 aromatic rings. The van der Waals surface area contributed by atoms with E-state index in [0.29, 0.717) is 6.42 Å². The van der Waals surface area contributed by atoms with Crippen LogP contribution in [-0.4, -0.2) is 40.0 Å². The number of carbonyl (C=O) groups excluding carboxylic acids is 1. The summed E-state index contributed by atoms with van der Waals surface area (Å²) >= 11 is 0. The molecule has 1 fully saturated rings. The van der Waals surface area contributed by atoms with Gasteiger partial charge in [0, 0.05) is 12.7 Å². The normalized spacial score (nSPS) is 18.4. The van der Waals surface area contributed by atoms with E-state index in [4.69, 9.17) is 9.73 Å². The smallest absolute Gasteiger partial charge is 0.250 e. The Morgan fingerprint density at radius 1 is 1.00 bits per heavy atom. The van der Waals surface area contributed by atoms with Crippen molar-refractivity contribution in [2.75, 3.05) is 18.7 Å².